The number of benzene rings is 5. The molecule has 1 amide bonds. The zero-order valence-corrected chi connectivity index (χ0v) is 20.7. The van der Waals surface area contributed by atoms with Gasteiger partial charge in [-0.3, -0.25) is 19.5 Å². The number of nitro benzene ring substituents is 1. The van der Waals surface area contributed by atoms with Gasteiger partial charge in [0.05, 0.1) is 10.5 Å². The lowest BCUT2D eigenvalue weighted by atomic mass is 10.0. The summed E-state index contributed by atoms with van der Waals surface area (Å²) in [6.07, 6.45) is 0. The van der Waals surface area contributed by atoms with Crippen LogP contribution in [0.4, 0.5) is 22.7 Å². The fourth-order valence-electron chi connectivity index (χ4n) is 4.17. The van der Waals surface area contributed by atoms with Crippen LogP contribution < -0.4 is 5.32 Å². The van der Waals surface area contributed by atoms with E-state index >= 15 is 0 Å². The summed E-state index contributed by atoms with van der Waals surface area (Å²) in [6, 6.07) is 22.9. The van der Waals surface area contributed by atoms with E-state index in [4.69, 9.17) is 0 Å². The molecule has 5 aromatic carbocycles. The summed E-state index contributed by atoms with van der Waals surface area (Å²) < 4.78 is 34.4. The van der Waals surface area contributed by atoms with Crippen molar-refractivity contribution < 1.29 is 27.8 Å². The molecule has 194 valence electrons. The van der Waals surface area contributed by atoms with Crippen LogP contribution in [0.5, 0.6) is 5.75 Å². The SMILES string of the molecule is O=C(Nc1cccc([N+](=O)[O-])c1)c1cc2ccccc2c(N=Nc2ccc3ccccc3c2S(=O)(=O)O)c1O. The quantitative estimate of drug-likeness (QED) is 0.0948. The Morgan fingerprint density at radius 2 is 1.54 bits per heavy atom. The highest BCUT2D eigenvalue weighted by Crippen LogP contribution is 2.41. The second-order valence-electron chi connectivity index (χ2n) is 8.41. The number of carbonyl (C=O) groups excluding carboxylic acids is 1. The van der Waals surface area contributed by atoms with Gasteiger partial charge in [0, 0.05) is 28.6 Å². The number of nitrogens with one attached hydrogen (secondary N) is 1. The molecule has 0 saturated carbocycles. The lowest BCUT2D eigenvalue weighted by molar-refractivity contribution is -0.384. The molecule has 0 atom stereocenters. The molecule has 12 heteroatoms. The molecule has 0 aliphatic heterocycles. The van der Waals surface area contributed by atoms with E-state index in [-0.39, 0.29) is 33.7 Å². The lowest BCUT2D eigenvalue weighted by Crippen LogP contribution is -2.12. The summed E-state index contributed by atoms with van der Waals surface area (Å²) in [5, 5.41) is 34.5. The van der Waals surface area contributed by atoms with Crippen LogP contribution in [-0.2, 0) is 10.1 Å². The van der Waals surface area contributed by atoms with Gasteiger partial charge < -0.3 is 10.4 Å². The fourth-order valence-corrected chi connectivity index (χ4v) is 5.01. The van der Waals surface area contributed by atoms with Gasteiger partial charge >= 0.3 is 0 Å². The van der Waals surface area contributed by atoms with Gasteiger partial charge in [-0.15, -0.1) is 10.2 Å². The number of fused-ring (bicyclic) bond motifs is 2. The minimum Gasteiger partial charge on any atom is -0.505 e. The Morgan fingerprint density at radius 1 is 0.846 bits per heavy atom. The van der Waals surface area contributed by atoms with E-state index in [1.807, 2.05) is 0 Å². The molecular weight excluding hydrogens is 524 g/mol. The van der Waals surface area contributed by atoms with Crippen LogP contribution in [0.1, 0.15) is 10.4 Å². The average molecular weight is 543 g/mol. The Kier molecular flexibility index (Phi) is 6.48. The molecule has 0 unspecified atom stereocenters. The maximum absolute atomic E-state index is 13.1. The molecule has 5 aromatic rings. The molecule has 0 spiro atoms. The largest absolute Gasteiger partial charge is 0.505 e. The van der Waals surface area contributed by atoms with Crippen molar-refractivity contribution in [3.05, 3.63) is 107 Å². The number of hydrogen-bond donors (Lipinski definition) is 3. The van der Waals surface area contributed by atoms with Crippen LogP contribution in [0.2, 0.25) is 0 Å². The smallest absolute Gasteiger partial charge is 0.297 e. The van der Waals surface area contributed by atoms with Crippen molar-refractivity contribution in [3.8, 4) is 5.75 Å². The number of nitro groups is 1. The second-order valence-corrected chi connectivity index (χ2v) is 9.77. The molecule has 0 saturated heterocycles. The maximum atomic E-state index is 13.1. The monoisotopic (exact) mass is 542 g/mol. The number of nitrogens with zero attached hydrogens (tertiary/aromatic N) is 3. The van der Waals surface area contributed by atoms with Gasteiger partial charge in [-0.25, -0.2) is 0 Å². The number of carbonyl (C=O) groups is 1. The van der Waals surface area contributed by atoms with Gasteiger partial charge in [0.1, 0.15) is 16.3 Å². The van der Waals surface area contributed by atoms with Crippen molar-refractivity contribution in [2.75, 3.05) is 5.32 Å². The molecule has 39 heavy (non-hydrogen) atoms. The first kappa shape index (κ1) is 25.4. The summed E-state index contributed by atoms with van der Waals surface area (Å²) in [7, 11) is -4.71. The van der Waals surface area contributed by atoms with Crippen molar-refractivity contribution >= 4 is 60.3 Å². The van der Waals surface area contributed by atoms with E-state index in [0.29, 0.717) is 16.2 Å². The minimum atomic E-state index is -4.71. The number of phenols is 1. The molecule has 11 nitrogen and oxygen atoms in total. The standard InChI is InChI=1S/C27H18N4O7S/c32-25-22(27(33)28-18-8-5-9-19(15-18)31(34)35)14-17-7-2-3-10-20(17)24(25)30-29-23-13-12-16-6-1-4-11-21(16)26(23)39(36,37)38/h1-15,32H,(H,28,33)(H,36,37,38). The molecule has 0 radical (unpaired) electrons. The van der Waals surface area contributed by atoms with Gasteiger partial charge in [-0.1, -0.05) is 60.7 Å². The first-order valence-corrected chi connectivity index (χ1v) is 12.8. The lowest BCUT2D eigenvalue weighted by Gasteiger charge is -2.11. The van der Waals surface area contributed by atoms with Crippen molar-refractivity contribution in [1.29, 1.82) is 0 Å². The maximum Gasteiger partial charge on any atom is 0.297 e. The van der Waals surface area contributed by atoms with Crippen LogP contribution in [0, 0.1) is 10.1 Å². The minimum absolute atomic E-state index is 0.119. The zero-order chi connectivity index (χ0) is 27.7. The molecule has 0 heterocycles. The van der Waals surface area contributed by atoms with Gasteiger partial charge in [0.2, 0.25) is 0 Å². The van der Waals surface area contributed by atoms with Crippen LogP contribution in [0.3, 0.4) is 0 Å². The first-order valence-electron chi connectivity index (χ1n) is 11.3. The predicted molar refractivity (Wildman–Crippen MR) is 145 cm³/mol. The number of phenolic OH excluding ortho intramolecular Hbond substituents is 1. The van der Waals surface area contributed by atoms with E-state index in [2.05, 4.69) is 15.5 Å². The van der Waals surface area contributed by atoms with E-state index in [1.54, 1.807) is 48.5 Å². The molecule has 0 aliphatic carbocycles. The molecular formula is C27H18N4O7S. The average Bonchev–Trinajstić information content (AvgIpc) is 2.91. The highest BCUT2D eigenvalue weighted by molar-refractivity contribution is 7.86. The van der Waals surface area contributed by atoms with Crippen LogP contribution >= 0.6 is 0 Å². The Hall–Kier alpha value is -5.20. The van der Waals surface area contributed by atoms with Crippen molar-refractivity contribution in [2.24, 2.45) is 10.2 Å². The second kappa shape index (κ2) is 9.93. The number of azo groups is 1. The molecule has 0 aliphatic rings. The number of rotatable bonds is 6. The van der Waals surface area contributed by atoms with Gasteiger partial charge in [0.25, 0.3) is 21.7 Å². The van der Waals surface area contributed by atoms with Crippen molar-refractivity contribution in [1.82, 2.24) is 0 Å². The number of hydrogen-bond acceptors (Lipinski definition) is 8. The van der Waals surface area contributed by atoms with Crippen LogP contribution in [-0.4, -0.2) is 28.9 Å². The third-order valence-electron chi connectivity index (χ3n) is 5.93. The summed E-state index contributed by atoms with van der Waals surface area (Å²) >= 11 is 0. The van der Waals surface area contributed by atoms with Crippen LogP contribution in [0.25, 0.3) is 21.5 Å². The summed E-state index contributed by atoms with van der Waals surface area (Å²) in [4.78, 5) is 23.1. The molecule has 3 N–H and O–H groups in total. The highest BCUT2D eigenvalue weighted by atomic mass is 32.2. The number of aromatic hydroxyl groups is 1. The zero-order valence-electron chi connectivity index (χ0n) is 19.8. The summed E-state index contributed by atoms with van der Waals surface area (Å²) in [5.74, 6) is -1.31. The van der Waals surface area contributed by atoms with E-state index < -0.39 is 31.6 Å². The highest BCUT2D eigenvalue weighted by Gasteiger charge is 2.22. The van der Waals surface area contributed by atoms with Gasteiger partial charge in [-0.2, -0.15) is 8.42 Å². The number of non-ortho nitro benzene ring substituents is 1. The topological polar surface area (TPSA) is 172 Å². The fraction of sp³-hybridized carbons (Fsp3) is 0. The third-order valence-corrected chi connectivity index (χ3v) is 6.87. The Bertz CT molecular complexity index is 1940. The van der Waals surface area contributed by atoms with E-state index in [1.165, 1.54) is 42.5 Å². The summed E-state index contributed by atoms with van der Waals surface area (Å²) in [5.41, 5.74) is -0.575. The number of amides is 1. The third kappa shape index (κ3) is 5.01. The number of anilines is 1. The molecule has 0 aromatic heterocycles. The Balaban J connectivity index is 1.62. The molecule has 5 rings (SSSR count). The van der Waals surface area contributed by atoms with Crippen molar-refractivity contribution in [3.63, 3.8) is 0 Å². The molecule has 0 fully saturated rings. The van der Waals surface area contributed by atoms with Gasteiger partial charge in [0.15, 0.2) is 5.75 Å². The Labute approximate surface area is 221 Å². The van der Waals surface area contributed by atoms with Crippen LogP contribution in [0.15, 0.2) is 106 Å². The van der Waals surface area contributed by atoms with Gasteiger partial charge in [-0.05, 0) is 29.0 Å². The normalized spacial score (nSPS) is 11.7. The van der Waals surface area contributed by atoms with E-state index in [0.717, 1.165) is 0 Å². The molecule has 0 bridgehead atoms. The first-order chi connectivity index (χ1) is 18.6. The summed E-state index contributed by atoms with van der Waals surface area (Å²) in [6.45, 7) is 0. The van der Waals surface area contributed by atoms with E-state index in [9.17, 15) is 33.0 Å². The predicted octanol–water partition coefficient (Wildman–Crippen LogP) is 6.52. The Morgan fingerprint density at radius 3 is 2.26 bits per heavy atom. The van der Waals surface area contributed by atoms with Crippen molar-refractivity contribution in [2.45, 2.75) is 4.90 Å².